The summed E-state index contributed by atoms with van der Waals surface area (Å²) in [6, 6.07) is 0. The second kappa shape index (κ2) is 8.13. The van der Waals surface area contributed by atoms with Crippen molar-refractivity contribution in [2.24, 2.45) is 0 Å². The zero-order valence-electron chi connectivity index (χ0n) is 7.64. The summed E-state index contributed by atoms with van der Waals surface area (Å²) < 4.78 is 0. The molecule has 1 N–H and O–H groups in total. The first-order chi connectivity index (χ1) is 4.93. The van der Waals surface area contributed by atoms with Crippen LogP contribution >= 0.6 is 0 Å². The van der Waals surface area contributed by atoms with E-state index in [0.717, 1.165) is 19.6 Å². The van der Waals surface area contributed by atoms with Crippen LogP contribution in [0.4, 0.5) is 0 Å². The predicted octanol–water partition coefficient (Wildman–Crippen LogP) is -2.41. The van der Waals surface area contributed by atoms with Crippen molar-refractivity contribution in [2.45, 2.75) is 12.8 Å². The first kappa shape index (κ1) is 12.5. The molecule has 0 saturated carbocycles. The van der Waals surface area contributed by atoms with Gasteiger partial charge in [0.1, 0.15) is 0 Å². The van der Waals surface area contributed by atoms with Crippen LogP contribution in [0.5, 0.6) is 0 Å². The van der Waals surface area contributed by atoms with Gasteiger partial charge < -0.3 is 15.8 Å². The third kappa shape index (κ3) is 5.71. The fourth-order valence-corrected chi connectivity index (χ4v) is 1.02. The van der Waals surface area contributed by atoms with Crippen molar-refractivity contribution in [2.75, 3.05) is 33.2 Å². The van der Waals surface area contributed by atoms with Gasteiger partial charge in [0.25, 0.3) is 0 Å². The molecule has 3 nitrogen and oxygen atoms in total. The standard InChI is InChI=1S/C7H16N3.K/c1-8-4-2-3-6-10-7-5-9-10;/h8H,2-7H2,1H3;/q-1;+1. The van der Waals surface area contributed by atoms with E-state index in [9.17, 15) is 0 Å². The number of nitrogens with zero attached hydrogens (tertiary/aromatic N) is 2. The average molecular weight is 181 g/mol. The maximum absolute atomic E-state index is 4.18. The van der Waals surface area contributed by atoms with Gasteiger partial charge in [0.15, 0.2) is 0 Å². The van der Waals surface area contributed by atoms with Crippen LogP contribution in [0.1, 0.15) is 12.8 Å². The maximum atomic E-state index is 4.18. The molecule has 1 aliphatic heterocycles. The predicted molar refractivity (Wildman–Crippen MR) is 43.0 cm³/mol. The van der Waals surface area contributed by atoms with Crippen molar-refractivity contribution >= 4 is 0 Å². The molecule has 0 amide bonds. The Morgan fingerprint density at radius 2 is 2.18 bits per heavy atom. The zero-order chi connectivity index (χ0) is 7.23. The topological polar surface area (TPSA) is 29.4 Å². The van der Waals surface area contributed by atoms with E-state index in [0.29, 0.717) is 0 Å². The molecule has 1 fully saturated rings. The minimum absolute atomic E-state index is 0. The van der Waals surface area contributed by atoms with Crippen molar-refractivity contribution in [1.82, 2.24) is 10.3 Å². The summed E-state index contributed by atoms with van der Waals surface area (Å²) in [6.07, 6.45) is 2.53. The van der Waals surface area contributed by atoms with Gasteiger partial charge in [0.05, 0.1) is 0 Å². The third-order valence-electron chi connectivity index (χ3n) is 1.75. The average Bonchev–Trinajstić information content (AvgIpc) is 1.84. The molecule has 1 aliphatic rings. The summed E-state index contributed by atoms with van der Waals surface area (Å²) in [4.78, 5) is 0. The summed E-state index contributed by atoms with van der Waals surface area (Å²) in [7, 11) is 1.99. The number of rotatable bonds is 5. The zero-order valence-corrected chi connectivity index (χ0v) is 10.8. The Balaban J connectivity index is 0.000001000. The summed E-state index contributed by atoms with van der Waals surface area (Å²) in [6.45, 7) is 4.51. The number of hydrogen-bond acceptors (Lipinski definition) is 2. The first-order valence-electron chi connectivity index (χ1n) is 4.00. The SMILES string of the molecule is CNCCCCN1CC[N-]1.[K+]. The van der Waals surface area contributed by atoms with Crippen molar-refractivity contribution < 1.29 is 51.4 Å². The summed E-state index contributed by atoms with van der Waals surface area (Å²) in [5.74, 6) is 0. The monoisotopic (exact) mass is 181 g/mol. The van der Waals surface area contributed by atoms with E-state index in [4.69, 9.17) is 0 Å². The van der Waals surface area contributed by atoms with Gasteiger partial charge >= 0.3 is 51.4 Å². The molecule has 0 aromatic heterocycles. The van der Waals surface area contributed by atoms with Gasteiger partial charge in [-0.05, 0) is 39.5 Å². The fraction of sp³-hybridized carbons (Fsp3) is 1.00. The van der Waals surface area contributed by atoms with E-state index in [2.05, 4.69) is 15.8 Å². The number of hydrogen-bond donors (Lipinski definition) is 1. The van der Waals surface area contributed by atoms with E-state index in [1.807, 2.05) is 7.05 Å². The third-order valence-corrected chi connectivity index (χ3v) is 1.75. The van der Waals surface area contributed by atoms with Gasteiger partial charge in [-0.15, -0.1) is 6.54 Å². The largest absolute Gasteiger partial charge is 1.00 e. The van der Waals surface area contributed by atoms with E-state index in [1.54, 1.807) is 0 Å². The van der Waals surface area contributed by atoms with Crippen LogP contribution in [0.25, 0.3) is 5.43 Å². The van der Waals surface area contributed by atoms with Gasteiger partial charge in [-0.2, -0.15) is 0 Å². The van der Waals surface area contributed by atoms with Crippen LogP contribution in [0.3, 0.4) is 0 Å². The first-order valence-corrected chi connectivity index (χ1v) is 4.00. The number of unbranched alkanes of at least 4 members (excludes halogenated alkanes) is 1. The molecule has 11 heavy (non-hydrogen) atoms. The molecule has 0 aliphatic carbocycles. The van der Waals surface area contributed by atoms with Crippen molar-refractivity contribution in [3.63, 3.8) is 0 Å². The minimum atomic E-state index is 0. The van der Waals surface area contributed by atoms with Gasteiger partial charge in [0, 0.05) is 0 Å². The molecule has 0 aromatic carbocycles. The normalized spacial score (nSPS) is 17.2. The summed E-state index contributed by atoms with van der Waals surface area (Å²) in [5, 5.41) is 5.28. The van der Waals surface area contributed by atoms with Crippen LogP contribution in [-0.2, 0) is 0 Å². The second-order valence-electron chi connectivity index (χ2n) is 2.63. The van der Waals surface area contributed by atoms with Crippen LogP contribution < -0.4 is 56.7 Å². The Morgan fingerprint density at radius 1 is 1.45 bits per heavy atom. The maximum Gasteiger partial charge on any atom is 1.00 e. The molecule has 0 atom stereocenters. The Kier molecular flexibility index (Phi) is 9.25. The van der Waals surface area contributed by atoms with E-state index in [-0.39, 0.29) is 51.4 Å². The molecule has 1 saturated heterocycles. The molecular formula is C7H16KN3. The Morgan fingerprint density at radius 3 is 2.64 bits per heavy atom. The molecule has 1 heterocycles. The second-order valence-corrected chi connectivity index (χ2v) is 2.63. The van der Waals surface area contributed by atoms with Crippen LogP contribution in [-0.4, -0.2) is 38.2 Å². The summed E-state index contributed by atoms with van der Waals surface area (Å²) >= 11 is 0. The van der Waals surface area contributed by atoms with Gasteiger partial charge in [-0.3, -0.25) is 0 Å². The van der Waals surface area contributed by atoms with Crippen molar-refractivity contribution in [3.8, 4) is 0 Å². The van der Waals surface area contributed by atoms with Crippen LogP contribution in [0.15, 0.2) is 0 Å². The van der Waals surface area contributed by atoms with Crippen LogP contribution in [0, 0.1) is 0 Å². The van der Waals surface area contributed by atoms with Gasteiger partial charge in [-0.25, -0.2) is 0 Å². The van der Waals surface area contributed by atoms with E-state index < -0.39 is 0 Å². The molecule has 0 radical (unpaired) electrons. The van der Waals surface area contributed by atoms with E-state index in [1.165, 1.54) is 19.4 Å². The van der Waals surface area contributed by atoms with Gasteiger partial charge in [-0.1, -0.05) is 0 Å². The molecular weight excluding hydrogens is 165 g/mol. The molecule has 0 aromatic rings. The number of nitrogens with one attached hydrogen (secondary N) is 1. The van der Waals surface area contributed by atoms with Crippen molar-refractivity contribution in [1.29, 1.82) is 0 Å². The molecule has 4 heteroatoms. The summed E-state index contributed by atoms with van der Waals surface area (Å²) in [5.41, 5.74) is 4.18. The Labute approximate surface area is 112 Å². The smallest absolute Gasteiger partial charge is 0.593 e. The molecule has 0 unspecified atom stereocenters. The van der Waals surface area contributed by atoms with Gasteiger partial charge in [0.2, 0.25) is 0 Å². The molecule has 60 valence electrons. The fourth-order valence-electron chi connectivity index (χ4n) is 1.02. The quantitative estimate of drug-likeness (QED) is 0.378. The Bertz CT molecular complexity index is 85.8. The Hall–Kier alpha value is 1.52. The molecule has 0 bridgehead atoms. The molecule has 1 rings (SSSR count). The minimum Gasteiger partial charge on any atom is -0.593 e. The molecule has 0 spiro atoms. The van der Waals surface area contributed by atoms with Crippen molar-refractivity contribution in [3.05, 3.63) is 5.43 Å². The van der Waals surface area contributed by atoms with E-state index >= 15 is 0 Å². The van der Waals surface area contributed by atoms with Crippen LogP contribution in [0.2, 0.25) is 0 Å².